The van der Waals surface area contributed by atoms with Crippen molar-refractivity contribution in [3.8, 4) is 5.75 Å². The standard InChI is InChI=1S/C8H10N4O/c1-4-7(13)5(2)12-8(9-4)10-6(3)11-12/h13H,1-3H3. The van der Waals surface area contributed by atoms with E-state index in [0.717, 1.165) is 0 Å². The van der Waals surface area contributed by atoms with Gasteiger partial charge in [-0.15, -0.1) is 5.10 Å². The molecule has 2 aromatic rings. The van der Waals surface area contributed by atoms with Gasteiger partial charge in [0.1, 0.15) is 5.82 Å². The van der Waals surface area contributed by atoms with Crippen molar-refractivity contribution in [1.82, 2.24) is 19.6 Å². The average Bonchev–Trinajstić information content (AvgIpc) is 2.42. The van der Waals surface area contributed by atoms with Gasteiger partial charge in [0, 0.05) is 0 Å². The van der Waals surface area contributed by atoms with Crippen LogP contribution in [0.15, 0.2) is 0 Å². The first-order valence-corrected chi connectivity index (χ1v) is 3.99. The van der Waals surface area contributed by atoms with E-state index in [1.165, 1.54) is 4.52 Å². The van der Waals surface area contributed by atoms with Crippen LogP contribution < -0.4 is 0 Å². The molecule has 0 spiro atoms. The minimum absolute atomic E-state index is 0.178. The van der Waals surface area contributed by atoms with E-state index in [0.29, 0.717) is 23.0 Å². The number of rotatable bonds is 0. The summed E-state index contributed by atoms with van der Waals surface area (Å²) in [6.45, 7) is 5.32. The highest BCUT2D eigenvalue weighted by atomic mass is 16.3. The number of aromatic hydroxyl groups is 1. The molecule has 0 aromatic carbocycles. The lowest BCUT2D eigenvalue weighted by molar-refractivity contribution is 0.456. The molecule has 68 valence electrons. The fraction of sp³-hybridized carbons (Fsp3) is 0.375. The fourth-order valence-corrected chi connectivity index (χ4v) is 1.27. The van der Waals surface area contributed by atoms with Crippen molar-refractivity contribution in [2.75, 3.05) is 0 Å². The number of aromatic nitrogens is 4. The number of aryl methyl sites for hydroxylation is 3. The molecular weight excluding hydrogens is 168 g/mol. The van der Waals surface area contributed by atoms with Crippen LogP contribution in [0.5, 0.6) is 5.75 Å². The van der Waals surface area contributed by atoms with E-state index >= 15 is 0 Å². The Hall–Kier alpha value is -1.65. The summed E-state index contributed by atoms with van der Waals surface area (Å²) in [6.07, 6.45) is 0. The smallest absolute Gasteiger partial charge is 0.253 e. The first-order valence-electron chi connectivity index (χ1n) is 3.99. The highest BCUT2D eigenvalue weighted by Crippen LogP contribution is 2.19. The second-order valence-corrected chi connectivity index (χ2v) is 3.00. The second-order valence-electron chi connectivity index (χ2n) is 3.00. The van der Waals surface area contributed by atoms with Crippen LogP contribution in [0, 0.1) is 20.8 Å². The first-order chi connectivity index (χ1) is 6.09. The molecule has 0 atom stereocenters. The number of hydrogen-bond acceptors (Lipinski definition) is 4. The molecule has 1 N–H and O–H groups in total. The maximum atomic E-state index is 9.56. The Bertz CT molecular complexity index is 474. The summed E-state index contributed by atoms with van der Waals surface area (Å²) in [5.41, 5.74) is 1.25. The van der Waals surface area contributed by atoms with Crippen molar-refractivity contribution in [1.29, 1.82) is 0 Å². The number of fused-ring (bicyclic) bond motifs is 1. The van der Waals surface area contributed by atoms with Gasteiger partial charge >= 0.3 is 0 Å². The molecule has 2 heterocycles. The zero-order valence-electron chi connectivity index (χ0n) is 7.74. The summed E-state index contributed by atoms with van der Waals surface area (Å²) in [4.78, 5) is 8.20. The van der Waals surface area contributed by atoms with E-state index in [4.69, 9.17) is 0 Å². The Balaban J connectivity index is 2.92. The van der Waals surface area contributed by atoms with Crippen LogP contribution in [0.1, 0.15) is 17.2 Å². The van der Waals surface area contributed by atoms with Crippen molar-refractivity contribution in [2.45, 2.75) is 20.8 Å². The summed E-state index contributed by atoms with van der Waals surface area (Å²) >= 11 is 0. The van der Waals surface area contributed by atoms with Gasteiger partial charge in [-0.1, -0.05) is 0 Å². The maximum Gasteiger partial charge on any atom is 0.253 e. The molecule has 0 aliphatic carbocycles. The largest absolute Gasteiger partial charge is 0.504 e. The topological polar surface area (TPSA) is 63.3 Å². The van der Waals surface area contributed by atoms with Crippen molar-refractivity contribution < 1.29 is 5.11 Å². The summed E-state index contributed by atoms with van der Waals surface area (Å²) < 4.78 is 1.54. The molecule has 0 unspecified atom stereocenters. The molecular formula is C8H10N4O. The van der Waals surface area contributed by atoms with Crippen LogP contribution in [0.4, 0.5) is 0 Å². The molecule has 5 heteroatoms. The molecule has 0 fully saturated rings. The van der Waals surface area contributed by atoms with Crippen molar-refractivity contribution in [3.05, 3.63) is 17.2 Å². The molecule has 5 nitrogen and oxygen atoms in total. The Labute approximate surface area is 75.1 Å². The number of hydrogen-bond donors (Lipinski definition) is 1. The molecule has 0 saturated carbocycles. The van der Waals surface area contributed by atoms with Crippen LogP contribution in [0.2, 0.25) is 0 Å². The molecule has 0 aliphatic rings. The van der Waals surface area contributed by atoms with Crippen LogP contribution in [-0.4, -0.2) is 24.7 Å². The Morgan fingerprint density at radius 2 is 1.85 bits per heavy atom. The van der Waals surface area contributed by atoms with E-state index in [2.05, 4.69) is 15.1 Å². The quantitative estimate of drug-likeness (QED) is 0.646. The first kappa shape index (κ1) is 7.97. The van der Waals surface area contributed by atoms with Gasteiger partial charge in [0.15, 0.2) is 5.75 Å². The molecule has 2 aromatic heterocycles. The van der Waals surface area contributed by atoms with E-state index in [1.807, 2.05) is 0 Å². The minimum Gasteiger partial charge on any atom is -0.504 e. The van der Waals surface area contributed by atoms with Crippen LogP contribution >= 0.6 is 0 Å². The zero-order valence-corrected chi connectivity index (χ0v) is 7.74. The van der Waals surface area contributed by atoms with Gasteiger partial charge in [-0.05, 0) is 20.8 Å². The molecule has 0 radical (unpaired) electrons. The molecule has 0 bridgehead atoms. The molecule has 0 aliphatic heterocycles. The third-order valence-corrected chi connectivity index (χ3v) is 1.97. The lowest BCUT2D eigenvalue weighted by Gasteiger charge is -2.02. The number of nitrogens with zero attached hydrogens (tertiary/aromatic N) is 4. The summed E-state index contributed by atoms with van der Waals surface area (Å²) in [5, 5.41) is 13.7. The SMILES string of the molecule is Cc1nc2nc(C)c(O)c(C)n2n1. The van der Waals surface area contributed by atoms with E-state index < -0.39 is 0 Å². The molecule has 0 saturated heterocycles. The van der Waals surface area contributed by atoms with Gasteiger partial charge in [-0.3, -0.25) is 0 Å². The van der Waals surface area contributed by atoms with Gasteiger partial charge in [0.05, 0.1) is 11.4 Å². The predicted octanol–water partition coefficient (Wildman–Crippen LogP) is 0.755. The van der Waals surface area contributed by atoms with E-state index in [1.54, 1.807) is 20.8 Å². The normalized spacial score (nSPS) is 11.0. The molecule has 0 amide bonds. The van der Waals surface area contributed by atoms with Gasteiger partial charge in [0.25, 0.3) is 5.78 Å². The maximum absolute atomic E-state index is 9.56. The summed E-state index contributed by atoms with van der Waals surface area (Å²) in [7, 11) is 0. The third kappa shape index (κ3) is 1.04. The highest BCUT2D eigenvalue weighted by Gasteiger charge is 2.09. The Morgan fingerprint density at radius 1 is 1.15 bits per heavy atom. The van der Waals surface area contributed by atoms with E-state index in [9.17, 15) is 5.11 Å². The molecule has 13 heavy (non-hydrogen) atoms. The van der Waals surface area contributed by atoms with E-state index in [-0.39, 0.29) is 5.75 Å². The van der Waals surface area contributed by atoms with Crippen molar-refractivity contribution in [2.24, 2.45) is 0 Å². The lowest BCUT2D eigenvalue weighted by atomic mass is 10.3. The van der Waals surface area contributed by atoms with Gasteiger partial charge in [0.2, 0.25) is 0 Å². The average molecular weight is 178 g/mol. The van der Waals surface area contributed by atoms with Crippen molar-refractivity contribution in [3.63, 3.8) is 0 Å². The molecule has 2 rings (SSSR count). The van der Waals surface area contributed by atoms with Gasteiger partial charge in [-0.2, -0.15) is 9.50 Å². The zero-order chi connectivity index (χ0) is 9.59. The van der Waals surface area contributed by atoms with Gasteiger partial charge in [-0.25, -0.2) is 4.98 Å². The monoisotopic (exact) mass is 178 g/mol. The van der Waals surface area contributed by atoms with Gasteiger partial charge < -0.3 is 5.11 Å². The minimum atomic E-state index is 0.178. The second kappa shape index (κ2) is 2.42. The Morgan fingerprint density at radius 3 is 2.54 bits per heavy atom. The highest BCUT2D eigenvalue weighted by molar-refractivity contribution is 5.39. The summed E-state index contributed by atoms with van der Waals surface area (Å²) in [5.74, 6) is 1.36. The van der Waals surface area contributed by atoms with Crippen molar-refractivity contribution >= 4 is 5.78 Å². The Kier molecular flexibility index (Phi) is 1.48. The lowest BCUT2D eigenvalue weighted by Crippen LogP contribution is -1.98. The third-order valence-electron chi connectivity index (χ3n) is 1.97. The van der Waals surface area contributed by atoms with Crippen LogP contribution in [-0.2, 0) is 0 Å². The fourth-order valence-electron chi connectivity index (χ4n) is 1.27. The van der Waals surface area contributed by atoms with Crippen LogP contribution in [0.3, 0.4) is 0 Å². The van der Waals surface area contributed by atoms with Crippen LogP contribution in [0.25, 0.3) is 5.78 Å². The summed E-state index contributed by atoms with van der Waals surface area (Å²) in [6, 6.07) is 0. The predicted molar refractivity (Wildman–Crippen MR) is 46.7 cm³/mol.